The Morgan fingerprint density at radius 1 is 0.531 bits per heavy atom. The molecule has 2 N–H and O–H groups in total. The molecule has 1 aliphatic rings. The summed E-state index contributed by atoms with van der Waals surface area (Å²) in [4.78, 5) is 0. The predicted molar refractivity (Wildman–Crippen MR) is 133 cm³/mol. The number of fused-ring (bicyclic) bond motifs is 6. The topological polar surface area (TPSA) is 45.4 Å². The first-order valence-electron chi connectivity index (χ1n) is 10.8. The van der Waals surface area contributed by atoms with Crippen molar-refractivity contribution in [1.82, 2.24) is 4.57 Å². The summed E-state index contributed by atoms with van der Waals surface area (Å²) in [7, 11) is -1.49. The third-order valence-corrected chi connectivity index (χ3v) is 6.76. The molecule has 1 aliphatic carbocycles. The maximum absolute atomic E-state index is 9.72. The first kappa shape index (κ1) is 17.8. The number of benzene rings is 5. The molecule has 0 radical (unpaired) electrons. The Bertz CT molecular complexity index is 1690. The highest BCUT2D eigenvalue weighted by Gasteiger charge is 2.23. The molecule has 0 atom stereocenters. The van der Waals surface area contributed by atoms with E-state index < -0.39 is 7.12 Å². The lowest BCUT2D eigenvalue weighted by atomic mass is 9.80. The Morgan fingerprint density at radius 3 is 2.00 bits per heavy atom. The zero-order valence-electron chi connectivity index (χ0n) is 17.2. The van der Waals surface area contributed by atoms with E-state index in [0.29, 0.717) is 5.46 Å². The van der Waals surface area contributed by atoms with E-state index in [1.807, 2.05) is 18.2 Å². The Hall–Kier alpha value is -3.86. The van der Waals surface area contributed by atoms with Crippen LogP contribution in [0.5, 0.6) is 0 Å². The van der Waals surface area contributed by atoms with Crippen molar-refractivity contribution in [2.24, 2.45) is 0 Å². The Balaban J connectivity index is 1.62. The second-order valence-corrected chi connectivity index (χ2v) is 8.41. The summed E-state index contributed by atoms with van der Waals surface area (Å²) >= 11 is 0. The maximum Gasteiger partial charge on any atom is 0.488 e. The largest absolute Gasteiger partial charge is 0.488 e. The third kappa shape index (κ3) is 2.23. The summed E-state index contributed by atoms with van der Waals surface area (Å²) in [6.07, 6.45) is 0. The summed E-state index contributed by atoms with van der Waals surface area (Å²) in [5.41, 5.74) is 8.90. The lowest BCUT2D eigenvalue weighted by molar-refractivity contribution is 0.426. The predicted octanol–water partition coefficient (Wildman–Crippen LogP) is 5.26. The molecule has 0 saturated heterocycles. The molecule has 0 unspecified atom stereocenters. The van der Waals surface area contributed by atoms with Gasteiger partial charge in [0, 0.05) is 16.2 Å². The van der Waals surface area contributed by atoms with Gasteiger partial charge in [0.25, 0.3) is 0 Å². The maximum atomic E-state index is 9.72. The average molecular weight is 411 g/mol. The fraction of sp³-hybridized carbons (Fsp3) is 0. The average Bonchev–Trinajstić information content (AvgIpc) is 3.34. The van der Waals surface area contributed by atoms with E-state index in [2.05, 4.69) is 77.4 Å². The Labute approximate surface area is 184 Å². The summed E-state index contributed by atoms with van der Waals surface area (Å²) in [5.74, 6) is 0. The third-order valence-electron chi connectivity index (χ3n) is 6.76. The highest BCUT2D eigenvalue weighted by atomic mass is 16.4. The number of aromatic nitrogens is 1. The van der Waals surface area contributed by atoms with Crippen molar-refractivity contribution in [2.75, 3.05) is 0 Å². The smallest absolute Gasteiger partial charge is 0.423 e. The second kappa shape index (κ2) is 6.33. The highest BCUT2D eigenvalue weighted by molar-refractivity contribution is 6.59. The zero-order chi connectivity index (χ0) is 21.4. The van der Waals surface area contributed by atoms with Gasteiger partial charge in [0.1, 0.15) is 0 Å². The molecule has 0 amide bonds. The van der Waals surface area contributed by atoms with Crippen LogP contribution in [0.25, 0.3) is 60.5 Å². The van der Waals surface area contributed by atoms with Gasteiger partial charge in [-0.1, -0.05) is 78.9 Å². The van der Waals surface area contributed by atoms with Crippen molar-refractivity contribution < 1.29 is 10.0 Å². The van der Waals surface area contributed by atoms with E-state index in [9.17, 15) is 10.0 Å². The van der Waals surface area contributed by atoms with E-state index in [0.717, 1.165) is 27.5 Å². The molecule has 1 heterocycles. The van der Waals surface area contributed by atoms with Gasteiger partial charge in [-0.25, -0.2) is 0 Å². The van der Waals surface area contributed by atoms with E-state index in [4.69, 9.17) is 0 Å². The van der Waals surface area contributed by atoms with E-state index in [1.54, 1.807) is 6.07 Å². The van der Waals surface area contributed by atoms with Crippen LogP contribution in [0.2, 0.25) is 0 Å². The number of hydrogen-bond acceptors (Lipinski definition) is 2. The first-order chi connectivity index (χ1) is 15.7. The van der Waals surface area contributed by atoms with Gasteiger partial charge in [-0.2, -0.15) is 0 Å². The monoisotopic (exact) mass is 411 g/mol. The zero-order valence-corrected chi connectivity index (χ0v) is 17.2. The van der Waals surface area contributed by atoms with Crippen LogP contribution in [0.3, 0.4) is 0 Å². The molecule has 0 aliphatic heterocycles. The normalized spacial score (nSPS) is 12.1. The lowest BCUT2D eigenvalue weighted by Crippen LogP contribution is -2.29. The molecule has 0 spiro atoms. The summed E-state index contributed by atoms with van der Waals surface area (Å²) in [6.45, 7) is 0. The molecule has 3 nitrogen and oxygen atoms in total. The fourth-order valence-electron chi connectivity index (χ4n) is 5.40. The molecule has 5 aromatic carbocycles. The van der Waals surface area contributed by atoms with Gasteiger partial charge in [-0.15, -0.1) is 0 Å². The standard InChI is InChI=1S/C28H18BNO2/c31-29(32)17-12-14-27-24(16-17)20-8-3-4-11-25(20)30(27)26-15-13-22-19-7-2-1-6-18(19)21-9-5-10-23(26)28(21)22/h1-16,31-32H. The molecule has 7 rings (SSSR count). The molecule has 1 aromatic heterocycles. The van der Waals surface area contributed by atoms with Crippen molar-refractivity contribution in [3.63, 3.8) is 0 Å². The van der Waals surface area contributed by atoms with E-state index >= 15 is 0 Å². The quantitative estimate of drug-likeness (QED) is 0.381. The summed E-state index contributed by atoms with van der Waals surface area (Å²) < 4.78 is 2.30. The van der Waals surface area contributed by atoms with Gasteiger partial charge in [0.15, 0.2) is 0 Å². The first-order valence-corrected chi connectivity index (χ1v) is 10.8. The molecule has 0 saturated carbocycles. The highest BCUT2D eigenvalue weighted by Crippen LogP contribution is 2.48. The molecule has 150 valence electrons. The van der Waals surface area contributed by atoms with E-state index in [1.165, 1.54) is 33.0 Å². The minimum absolute atomic E-state index is 0.497. The minimum atomic E-state index is -1.49. The number of hydrogen-bond donors (Lipinski definition) is 2. The van der Waals surface area contributed by atoms with Crippen molar-refractivity contribution in [2.45, 2.75) is 0 Å². The molecular formula is C28H18BNO2. The van der Waals surface area contributed by atoms with Crippen LogP contribution in [0.1, 0.15) is 0 Å². The van der Waals surface area contributed by atoms with Crippen LogP contribution in [0.15, 0.2) is 97.1 Å². The molecular weight excluding hydrogens is 393 g/mol. The van der Waals surface area contributed by atoms with Gasteiger partial charge >= 0.3 is 7.12 Å². The number of para-hydroxylation sites is 1. The fourth-order valence-corrected chi connectivity index (χ4v) is 5.40. The second-order valence-electron chi connectivity index (χ2n) is 8.41. The SMILES string of the molecule is OB(O)c1ccc2c(c1)c1ccccc1n2-c1ccc2c3c(cccc13)-c1ccccc1-2. The molecule has 32 heavy (non-hydrogen) atoms. The van der Waals surface area contributed by atoms with Crippen LogP contribution in [0, 0.1) is 0 Å². The minimum Gasteiger partial charge on any atom is -0.423 e. The van der Waals surface area contributed by atoms with Gasteiger partial charge in [-0.3, -0.25) is 0 Å². The lowest BCUT2D eigenvalue weighted by Gasteiger charge is -2.13. The molecule has 4 heteroatoms. The van der Waals surface area contributed by atoms with Gasteiger partial charge < -0.3 is 14.6 Å². The van der Waals surface area contributed by atoms with Crippen molar-refractivity contribution in [1.29, 1.82) is 0 Å². The van der Waals surface area contributed by atoms with E-state index in [-0.39, 0.29) is 0 Å². The van der Waals surface area contributed by atoms with Gasteiger partial charge in [0.05, 0.1) is 16.7 Å². The van der Waals surface area contributed by atoms with Crippen LogP contribution < -0.4 is 5.46 Å². The molecule has 6 aromatic rings. The van der Waals surface area contributed by atoms with Crippen molar-refractivity contribution in [3.8, 4) is 27.9 Å². The van der Waals surface area contributed by atoms with Crippen LogP contribution in [0.4, 0.5) is 0 Å². The number of nitrogens with zero attached hydrogens (tertiary/aromatic N) is 1. The Kier molecular flexibility index (Phi) is 3.52. The van der Waals surface area contributed by atoms with Gasteiger partial charge in [-0.05, 0) is 51.3 Å². The van der Waals surface area contributed by atoms with Crippen molar-refractivity contribution >= 4 is 45.2 Å². The summed E-state index contributed by atoms with van der Waals surface area (Å²) in [6, 6.07) is 33.6. The van der Waals surface area contributed by atoms with Crippen LogP contribution in [-0.2, 0) is 0 Å². The number of rotatable bonds is 2. The Morgan fingerprint density at radius 2 is 1.19 bits per heavy atom. The van der Waals surface area contributed by atoms with Crippen molar-refractivity contribution in [3.05, 3.63) is 97.1 Å². The van der Waals surface area contributed by atoms with Gasteiger partial charge in [0.2, 0.25) is 0 Å². The summed E-state index contributed by atoms with van der Waals surface area (Å²) in [5, 5.41) is 24.1. The molecule has 0 fully saturated rings. The molecule has 0 bridgehead atoms. The van der Waals surface area contributed by atoms with Crippen LogP contribution in [-0.4, -0.2) is 21.7 Å². The van der Waals surface area contributed by atoms with Crippen LogP contribution >= 0.6 is 0 Å².